The minimum atomic E-state index is 0.680. The lowest BCUT2D eigenvalue weighted by Crippen LogP contribution is -1.92. The summed E-state index contributed by atoms with van der Waals surface area (Å²) < 4.78 is 0. The standard InChI is InChI=1S/C10H9N5S/c1-5-7(11)2-6-9(8-3-12-4-16-8)14-15-10(6)13-5/h2-4H,11H2,1H3,(H,13,14,15). The van der Waals surface area contributed by atoms with Gasteiger partial charge in [0.15, 0.2) is 5.65 Å². The predicted molar refractivity (Wildman–Crippen MR) is 64.1 cm³/mol. The SMILES string of the molecule is Cc1nc2n[nH]c(-c3cncs3)c2cc1N. The Kier molecular flexibility index (Phi) is 1.90. The van der Waals surface area contributed by atoms with Crippen LogP contribution in [-0.4, -0.2) is 20.2 Å². The Labute approximate surface area is 95.4 Å². The number of fused-ring (bicyclic) bond motifs is 1. The molecule has 0 bridgehead atoms. The van der Waals surface area contributed by atoms with Gasteiger partial charge in [-0.2, -0.15) is 5.10 Å². The number of hydrogen-bond donors (Lipinski definition) is 2. The van der Waals surface area contributed by atoms with E-state index < -0.39 is 0 Å². The first-order valence-electron chi connectivity index (χ1n) is 4.76. The fourth-order valence-electron chi connectivity index (χ4n) is 1.57. The predicted octanol–water partition coefficient (Wildman–Crippen LogP) is 1.97. The van der Waals surface area contributed by atoms with Gasteiger partial charge in [-0.3, -0.25) is 10.1 Å². The molecule has 3 N–H and O–H groups in total. The number of nitrogens with one attached hydrogen (secondary N) is 1. The summed E-state index contributed by atoms with van der Waals surface area (Å²) in [5.41, 5.74) is 10.7. The number of pyridine rings is 1. The lowest BCUT2D eigenvalue weighted by atomic mass is 10.2. The van der Waals surface area contributed by atoms with E-state index >= 15 is 0 Å². The summed E-state index contributed by atoms with van der Waals surface area (Å²) in [5, 5.41) is 8.07. The Morgan fingerprint density at radius 1 is 1.44 bits per heavy atom. The topological polar surface area (TPSA) is 80.5 Å². The maximum atomic E-state index is 5.85. The molecule has 0 fully saturated rings. The summed E-state index contributed by atoms with van der Waals surface area (Å²) in [6.45, 7) is 1.87. The molecule has 6 heteroatoms. The van der Waals surface area contributed by atoms with Crippen LogP contribution in [-0.2, 0) is 0 Å². The summed E-state index contributed by atoms with van der Waals surface area (Å²) in [6, 6.07) is 1.90. The zero-order valence-electron chi connectivity index (χ0n) is 8.56. The molecule has 0 unspecified atom stereocenters. The van der Waals surface area contributed by atoms with Crippen LogP contribution in [0.3, 0.4) is 0 Å². The van der Waals surface area contributed by atoms with Crippen molar-refractivity contribution < 1.29 is 0 Å². The van der Waals surface area contributed by atoms with Gasteiger partial charge in [-0.25, -0.2) is 4.98 Å². The molecule has 3 heterocycles. The number of hydrogen-bond acceptors (Lipinski definition) is 5. The van der Waals surface area contributed by atoms with E-state index in [0.717, 1.165) is 21.7 Å². The summed E-state index contributed by atoms with van der Waals surface area (Å²) in [5.74, 6) is 0. The van der Waals surface area contributed by atoms with Crippen LogP contribution in [0.2, 0.25) is 0 Å². The van der Waals surface area contributed by atoms with Crippen molar-refractivity contribution in [3.05, 3.63) is 23.5 Å². The highest BCUT2D eigenvalue weighted by Crippen LogP contribution is 2.29. The molecule has 0 amide bonds. The molecule has 3 aromatic rings. The van der Waals surface area contributed by atoms with Crippen LogP contribution in [0.5, 0.6) is 0 Å². The van der Waals surface area contributed by atoms with Gasteiger partial charge in [0.2, 0.25) is 0 Å². The maximum absolute atomic E-state index is 5.85. The van der Waals surface area contributed by atoms with Gasteiger partial charge < -0.3 is 5.73 Å². The lowest BCUT2D eigenvalue weighted by molar-refractivity contribution is 1.09. The molecule has 0 atom stereocenters. The van der Waals surface area contributed by atoms with Gasteiger partial charge in [-0.1, -0.05) is 0 Å². The third-order valence-electron chi connectivity index (χ3n) is 2.45. The number of nitrogen functional groups attached to an aromatic ring is 1. The third kappa shape index (κ3) is 1.27. The highest BCUT2D eigenvalue weighted by molar-refractivity contribution is 7.13. The molecule has 0 aliphatic rings. The molecule has 3 aromatic heterocycles. The van der Waals surface area contributed by atoms with Crippen LogP contribution >= 0.6 is 11.3 Å². The quantitative estimate of drug-likeness (QED) is 0.671. The monoisotopic (exact) mass is 231 g/mol. The Morgan fingerprint density at radius 2 is 2.31 bits per heavy atom. The zero-order valence-corrected chi connectivity index (χ0v) is 9.38. The number of anilines is 1. The molecular formula is C10H9N5S. The van der Waals surface area contributed by atoms with Crippen LogP contribution in [0, 0.1) is 6.92 Å². The minimum absolute atomic E-state index is 0.680. The molecule has 0 aliphatic carbocycles. The summed E-state index contributed by atoms with van der Waals surface area (Å²) in [6.07, 6.45) is 1.80. The normalized spacial score (nSPS) is 11.1. The van der Waals surface area contributed by atoms with Crippen molar-refractivity contribution >= 4 is 28.1 Å². The van der Waals surface area contributed by atoms with E-state index in [1.807, 2.05) is 13.0 Å². The van der Waals surface area contributed by atoms with E-state index in [9.17, 15) is 0 Å². The van der Waals surface area contributed by atoms with Crippen LogP contribution in [0.15, 0.2) is 17.8 Å². The lowest BCUT2D eigenvalue weighted by Gasteiger charge is -1.98. The summed E-state index contributed by atoms with van der Waals surface area (Å²) >= 11 is 1.55. The van der Waals surface area contributed by atoms with Crippen LogP contribution in [0.25, 0.3) is 21.6 Å². The van der Waals surface area contributed by atoms with Crippen molar-refractivity contribution in [2.24, 2.45) is 0 Å². The van der Waals surface area contributed by atoms with Gasteiger partial charge in [0.25, 0.3) is 0 Å². The first-order chi connectivity index (χ1) is 7.75. The molecular weight excluding hydrogens is 222 g/mol. The van der Waals surface area contributed by atoms with Gasteiger partial charge in [-0.15, -0.1) is 11.3 Å². The molecule has 0 saturated carbocycles. The van der Waals surface area contributed by atoms with Crippen LogP contribution < -0.4 is 5.73 Å². The van der Waals surface area contributed by atoms with Crippen LogP contribution in [0.1, 0.15) is 5.69 Å². The third-order valence-corrected chi connectivity index (χ3v) is 3.24. The van der Waals surface area contributed by atoms with E-state index in [0.29, 0.717) is 11.3 Å². The number of aromatic nitrogens is 4. The molecule has 3 rings (SSSR count). The van der Waals surface area contributed by atoms with Crippen molar-refractivity contribution in [3.8, 4) is 10.6 Å². The number of nitrogens with zero attached hydrogens (tertiary/aromatic N) is 3. The van der Waals surface area contributed by atoms with E-state index in [4.69, 9.17) is 5.73 Å². The van der Waals surface area contributed by atoms with E-state index in [-0.39, 0.29) is 0 Å². The molecule has 0 radical (unpaired) electrons. The van der Waals surface area contributed by atoms with Crippen molar-refractivity contribution in [2.45, 2.75) is 6.92 Å². The number of thiazole rings is 1. The molecule has 0 spiro atoms. The number of aromatic amines is 1. The second-order valence-electron chi connectivity index (χ2n) is 3.50. The highest BCUT2D eigenvalue weighted by Gasteiger charge is 2.11. The van der Waals surface area contributed by atoms with Crippen molar-refractivity contribution in [1.29, 1.82) is 0 Å². The first-order valence-corrected chi connectivity index (χ1v) is 5.64. The van der Waals surface area contributed by atoms with E-state index in [1.165, 1.54) is 0 Å². The fraction of sp³-hybridized carbons (Fsp3) is 0.100. The molecule has 5 nitrogen and oxygen atoms in total. The number of rotatable bonds is 1. The average molecular weight is 231 g/mol. The fourth-order valence-corrected chi connectivity index (χ4v) is 2.20. The smallest absolute Gasteiger partial charge is 0.181 e. The Morgan fingerprint density at radius 3 is 3.06 bits per heavy atom. The van der Waals surface area contributed by atoms with Gasteiger partial charge in [0.1, 0.15) is 0 Å². The number of nitrogens with two attached hydrogens (primary N) is 1. The van der Waals surface area contributed by atoms with Crippen LogP contribution in [0.4, 0.5) is 5.69 Å². The second-order valence-corrected chi connectivity index (χ2v) is 4.38. The van der Waals surface area contributed by atoms with Crippen molar-refractivity contribution in [3.63, 3.8) is 0 Å². The molecule has 0 aromatic carbocycles. The van der Waals surface area contributed by atoms with Gasteiger partial charge >= 0.3 is 0 Å². The largest absolute Gasteiger partial charge is 0.397 e. The summed E-state index contributed by atoms with van der Waals surface area (Å²) in [4.78, 5) is 9.40. The van der Waals surface area contributed by atoms with Gasteiger partial charge in [-0.05, 0) is 13.0 Å². The average Bonchev–Trinajstić information content (AvgIpc) is 2.87. The van der Waals surface area contributed by atoms with Gasteiger partial charge in [0.05, 0.1) is 27.5 Å². The van der Waals surface area contributed by atoms with E-state index in [1.54, 1.807) is 23.0 Å². The second kappa shape index (κ2) is 3.28. The number of aryl methyl sites for hydroxylation is 1. The van der Waals surface area contributed by atoms with E-state index in [2.05, 4.69) is 20.2 Å². The van der Waals surface area contributed by atoms with Crippen molar-refractivity contribution in [1.82, 2.24) is 20.2 Å². The Bertz CT molecular complexity index is 641. The molecule has 0 aliphatic heterocycles. The molecule has 16 heavy (non-hydrogen) atoms. The molecule has 80 valence electrons. The Balaban J connectivity index is 2.32. The first kappa shape index (κ1) is 9.29. The Hall–Kier alpha value is -1.95. The molecule has 0 saturated heterocycles. The minimum Gasteiger partial charge on any atom is -0.397 e. The van der Waals surface area contributed by atoms with Gasteiger partial charge in [0, 0.05) is 11.6 Å². The highest BCUT2D eigenvalue weighted by atomic mass is 32.1. The maximum Gasteiger partial charge on any atom is 0.181 e. The number of H-pyrrole nitrogens is 1. The van der Waals surface area contributed by atoms with Crippen molar-refractivity contribution in [2.75, 3.05) is 5.73 Å². The summed E-state index contributed by atoms with van der Waals surface area (Å²) in [7, 11) is 0. The zero-order chi connectivity index (χ0) is 11.1.